The number of methoxy groups -OCH3 is 1. The van der Waals surface area contributed by atoms with Gasteiger partial charge in [-0.15, -0.1) is 11.8 Å². The van der Waals surface area contributed by atoms with Crippen LogP contribution in [0.3, 0.4) is 0 Å². The van der Waals surface area contributed by atoms with Gasteiger partial charge in [0.15, 0.2) is 0 Å². The Morgan fingerprint density at radius 2 is 2.00 bits per heavy atom. The van der Waals surface area contributed by atoms with Gasteiger partial charge in [-0.2, -0.15) is 0 Å². The van der Waals surface area contributed by atoms with Crippen LogP contribution in [-0.4, -0.2) is 47.0 Å². The molecule has 0 bridgehead atoms. The number of benzene rings is 1. The second-order valence-corrected chi connectivity index (χ2v) is 6.97. The first-order chi connectivity index (χ1) is 10.4. The molecular weight excluding hydrogens is 304 g/mol. The molecule has 0 spiro atoms. The van der Waals surface area contributed by atoms with Crippen LogP contribution >= 0.6 is 11.8 Å². The standard InChI is InChI=1S/C15H18N2O4S/c1-15(2)17(9-18)12(8-22-15)13(19)16-11-6-4-10(5-7-11)14(20)21-3/h4-7,9,12H,8H2,1-3H3,(H,16,19)/t12-/m1/s1. The number of carbonyl (C=O) groups excluding carboxylic acids is 3. The molecule has 0 radical (unpaired) electrons. The Kier molecular flexibility index (Phi) is 4.75. The second kappa shape index (κ2) is 6.39. The quantitative estimate of drug-likeness (QED) is 0.675. The van der Waals surface area contributed by atoms with Crippen molar-refractivity contribution in [2.75, 3.05) is 18.2 Å². The van der Waals surface area contributed by atoms with Gasteiger partial charge in [0.25, 0.3) is 0 Å². The SMILES string of the molecule is COC(=O)c1ccc(NC(=O)[C@H]2CSC(C)(C)N2C=O)cc1. The Morgan fingerprint density at radius 3 is 2.55 bits per heavy atom. The molecule has 2 amide bonds. The molecule has 1 atom stereocenters. The largest absolute Gasteiger partial charge is 0.465 e. The van der Waals surface area contributed by atoms with Crippen molar-refractivity contribution in [2.45, 2.75) is 24.8 Å². The highest BCUT2D eigenvalue weighted by molar-refractivity contribution is 8.00. The number of nitrogens with one attached hydrogen (secondary N) is 1. The van der Waals surface area contributed by atoms with Crippen LogP contribution in [0.2, 0.25) is 0 Å². The maximum Gasteiger partial charge on any atom is 0.337 e. The summed E-state index contributed by atoms with van der Waals surface area (Å²) in [6.07, 6.45) is 0.713. The third kappa shape index (κ3) is 3.24. The molecule has 1 aliphatic rings. The third-order valence-corrected chi connectivity index (χ3v) is 4.94. The van der Waals surface area contributed by atoms with E-state index in [0.29, 0.717) is 23.4 Å². The van der Waals surface area contributed by atoms with Crippen LogP contribution in [0.4, 0.5) is 5.69 Å². The maximum absolute atomic E-state index is 12.3. The van der Waals surface area contributed by atoms with Crippen molar-refractivity contribution in [2.24, 2.45) is 0 Å². The van der Waals surface area contributed by atoms with E-state index < -0.39 is 16.9 Å². The zero-order valence-corrected chi connectivity index (χ0v) is 13.5. The van der Waals surface area contributed by atoms with Crippen molar-refractivity contribution in [1.29, 1.82) is 0 Å². The number of thioether (sulfide) groups is 1. The minimum Gasteiger partial charge on any atom is -0.465 e. The molecule has 6 nitrogen and oxygen atoms in total. The summed E-state index contributed by atoms with van der Waals surface area (Å²) in [6.45, 7) is 3.81. The molecule has 118 valence electrons. The first-order valence-electron chi connectivity index (χ1n) is 6.76. The average molecular weight is 322 g/mol. The fraction of sp³-hybridized carbons (Fsp3) is 0.400. The summed E-state index contributed by atoms with van der Waals surface area (Å²) in [7, 11) is 1.31. The normalized spacial score (nSPS) is 19.6. The Labute approximate surface area is 133 Å². The van der Waals surface area contributed by atoms with Crippen LogP contribution in [0.5, 0.6) is 0 Å². The molecule has 0 saturated carbocycles. The van der Waals surface area contributed by atoms with Gasteiger partial charge in [-0.05, 0) is 38.1 Å². The van der Waals surface area contributed by atoms with Gasteiger partial charge in [-0.25, -0.2) is 4.79 Å². The number of anilines is 1. The monoisotopic (exact) mass is 322 g/mol. The number of esters is 1. The lowest BCUT2D eigenvalue weighted by molar-refractivity contribution is -0.130. The number of hydrogen-bond acceptors (Lipinski definition) is 5. The van der Waals surface area contributed by atoms with Crippen LogP contribution in [-0.2, 0) is 14.3 Å². The smallest absolute Gasteiger partial charge is 0.337 e. The van der Waals surface area contributed by atoms with E-state index in [1.165, 1.54) is 12.0 Å². The van der Waals surface area contributed by atoms with Crippen LogP contribution in [0, 0.1) is 0 Å². The fourth-order valence-electron chi connectivity index (χ4n) is 2.25. The number of rotatable bonds is 4. The first-order valence-corrected chi connectivity index (χ1v) is 7.74. The summed E-state index contributed by atoms with van der Waals surface area (Å²) in [6, 6.07) is 5.90. The predicted molar refractivity (Wildman–Crippen MR) is 84.6 cm³/mol. The minimum absolute atomic E-state index is 0.240. The molecular formula is C15H18N2O4S. The van der Waals surface area contributed by atoms with Gasteiger partial charge >= 0.3 is 5.97 Å². The first kappa shape index (κ1) is 16.4. The van der Waals surface area contributed by atoms with Crippen LogP contribution in [0.1, 0.15) is 24.2 Å². The second-order valence-electron chi connectivity index (χ2n) is 5.34. The van der Waals surface area contributed by atoms with Crippen molar-refractivity contribution in [1.82, 2.24) is 4.90 Å². The van der Waals surface area contributed by atoms with Gasteiger partial charge < -0.3 is 15.0 Å². The molecule has 0 aromatic heterocycles. The van der Waals surface area contributed by atoms with E-state index >= 15 is 0 Å². The molecule has 2 rings (SSSR count). The van der Waals surface area contributed by atoms with Gasteiger partial charge in [0.1, 0.15) is 6.04 Å². The summed E-state index contributed by atoms with van der Waals surface area (Å²) >= 11 is 1.56. The molecule has 1 fully saturated rings. The lowest BCUT2D eigenvalue weighted by Crippen LogP contribution is -2.47. The Hall–Kier alpha value is -2.02. The Bertz CT molecular complexity index is 586. The van der Waals surface area contributed by atoms with Crippen molar-refractivity contribution < 1.29 is 19.1 Å². The van der Waals surface area contributed by atoms with Gasteiger partial charge in [-0.1, -0.05) is 0 Å². The highest BCUT2D eigenvalue weighted by Gasteiger charge is 2.42. The van der Waals surface area contributed by atoms with E-state index in [1.54, 1.807) is 36.0 Å². The highest BCUT2D eigenvalue weighted by atomic mass is 32.2. The lowest BCUT2D eigenvalue weighted by Gasteiger charge is -2.30. The van der Waals surface area contributed by atoms with Gasteiger partial charge in [0, 0.05) is 11.4 Å². The average Bonchev–Trinajstić information content (AvgIpc) is 2.81. The molecule has 1 N–H and O–H groups in total. The fourth-order valence-corrected chi connectivity index (χ4v) is 3.45. The zero-order valence-electron chi connectivity index (χ0n) is 12.7. The van der Waals surface area contributed by atoms with Gasteiger partial charge in [0.2, 0.25) is 12.3 Å². The molecule has 0 aliphatic carbocycles. The lowest BCUT2D eigenvalue weighted by atomic mass is 10.2. The summed E-state index contributed by atoms with van der Waals surface area (Å²) < 4.78 is 4.62. The minimum atomic E-state index is -0.502. The Balaban J connectivity index is 2.06. The van der Waals surface area contributed by atoms with Crippen molar-refractivity contribution in [3.05, 3.63) is 29.8 Å². The number of ether oxygens (including phenoxy) is 1. The van der Waals surface area contributed by atoms with Gasteiger partial charge in [-0.3, -0.25) is 9.59 Å². The summed E-state index contributed by atoms with van der Waals surface area (Å²) in [5.74, 6) is -0.118. The molecule has 1 heterocycles. The van der Waals surface area contributed by atoms with E-state index in [0.717, 1.165) is 0 Å². The van der Waals surface area contributed by atoms with Crippen LogP contribution in [0.15, 0.2) is 24.3 Å². The number of carbonyl (C=O) groups is 3. The van der Waals surface area contributed by atoms with Crippen molar-refractivity contribution in [3.63, 3.8) is 0 Å². The molecule has 0 unspecified atom stereocenters. The van der Waals surface area contributed by atoms with Crippen molar-refractivity contribution >= 4 is 35.7 Å². The number of nitrogens with zero attached hydrogens (tertiary/aromatic N) is 1. The Morgan fingerprint density at radius 1 is 1.36 bits per heavy atom. The number of amides is 2. The molecule has 1 aromatic rings. The molecule has 1 aromatic carbocycles. The topological polar surface area (TPSA) is 75.7 Å². The third-order valence-electron chi connectivity index (χ3n) is 3.54. The van der Waals surface area contributed by atoms with Crippen LogP contribution in [0.25, 0.3) is 0 Å². The van der Waals surface area contributed by atoms with E-state index in [9.17, 15) is 14.4 Å². The molecule has 7 heteroatoms. The molecule has 1 aliphatic heterocycles. The van der Waals surface area contributed by atoms with Crippen LogP contribution < -0.4 is 5.32 Å². The summed E-state index contributed by atoms with van der Waals surface area (Å²) in [5.41, 5.74) is 0.978. The summed E-state index contributed by atoms with van der Waals surface area (Å²) in [4.78, 5) is 36.0. The highest BCUT2D eigenvalue weighted by Crippen LogP contribution is 2.37. The zero-order chi connectivity index (χ0) is 16.3. The maximum atomic E-state index is 12.3. The molecule has 1 saturated heterocycles. The number of hydrogen-bond donors (Lipinski definition) is 1. The van der Waals surface area contributed by atoms with E-state index in [2.05, 4.69) is 10.1 Å². The van der Waals surface area contributed by atoms with E-state index in [4.69, 9.17) is 0 Å². The van der Waals surface area contributed by atoms with Gasteiger partial charge in [0.05, 0.1) is 17.5 Å². The van der Waals surface area contributed by atoms with Crippen molar-refractivity contribution in [3.8, 4) is 0 Å². The summed E-state index contributed by atoms with van der Waals surface area (Å²) in [5, 5.41) is 2.77. The predicted octanol–water partition coefficient (Wildman–Crippen LogP) is 1.72. The van der Waals surface area contributed by atoms with E-state index in [1.807, 2.05) is 13.8 Å². The van der Waals surface area contributed by atoms with E-state index in [-0.39, 0.29) is 5.91 Å². The molecule has 22 heavy (non-hydrogen) atoms.